The zero-order valence-electron chi connectivity index (χ0n) is 17.1. The van der Waals surface area contributed by atoms with Crippen LogP contribution < -0.4 is 4.74 Å². The maximum Gasteiger partial charge on any atom is 0.192 e. The van der Waals surface area contributed by atoms with Crippen molar-refractivity contribution in [2.45, 2.75) is 30.8 Å². The van der Waals surface area contributed by atoms with Crippen LogP contribution in [-0.4, -0.2) is 50.3 Å². The Morgan fingerprint density at radius 1 is 1.20 bits per heavy atom. The molecule has 0 saturated carbocycles. The average molecular weight is 425 g/mol. The number of likely N-dealkylation sites (tertiary alicyclic amines) is 1. The van der Waals surface area contributed by atoms with Crippen LogP contribution in [0.2, 0.25) is 0 Å². The molecule has 1 aromatic heterocycles. The van der Waals surface area contributed by atoms with E-state index in [1.807, 2.05) is 12.1 Å². The lowest BCUT2D eigenvalue weighted by Gasteiger charge is -2.21. The second kappa shape index (κ2) is 9.25. The second-order valence-corrected chi connectivity index (χ2v) is 9.72. The molecule has 0 amide bonds. The number of nitriles is 2. The fourth-order valence-corrected chi connectivity index (χ4v) is 4.33. The fraction of sp³-hybridized carbons (Fsp3) is 0.409. The van der Waals surface area contributed by atoms with Crippen molar-refractivity contribution in [2.24, 2.45) is 5.92 Å². The number of ether oxygens (including phenoxy) is 1. The molecule has 1 aliphatic heterocycles. The highest BCUT2D eigenvalue weighted by molar-refractivity contribution is 7.90. The minimum atomic E-state index is -3.31. The van der Waals surface area contributed by atoms with Crippen molar-refractivity contribution < 1.29 is 13.2 Å². The summed E-state index contributed by atoms with van der Waals surface area (Å²) in [6.45, 7) is 4.49. The number of pyridine rings is 1. The maximum absolute atomic E-state index is 11.5. The van der Waals surface area contributed by atoms with Gasteiger partial charge in [0.1, 0.15) is 5.75 Å². The normalized spacial score (nSPS) is 19.2. The van der Waals surface area contributed by atoms with Crippen molar-refractivity contribution in [1.29, 1.82) is 10.5 Å². The molecule has 1 aromatic carbocycles. The molecule has 3 rings (SSSR count). The Bertz CT molecular complexity index is 1050. The van der Waals surface area contributed by atoms with Gasteiger partial charge in [0.2, 0.25) is 0 Å². The van der Waals surface area contributed by atoms with E-state index < -0.39 is 9.84 Å². The summed E-state index contributed by atoms with van der Waals surface area (Å²) in [5, 5.41) is 18.3. The van der Waals surface area contributed by atoms with Gasteiger partial charge in [0, 0.05) is 31.3 Å². The minimum absolute atomic E-state index is 0.0375. The molecule has 2 atom stereocenters. The molecule has 0 bridgehead atoms. The van der Waals surface area contributed by atoms with Crippen LogP contribution in [0.1, 0.15) is 30.0 Å². The molecule has 1 fully saturated rings. The quantitative estimate of drug-likeness (QED) is 0.672. The van der Waals surface area contributed by atoms with Crippen LogP contribution in [0.25, 0.3) is 0 Å². The molecule has 0 spiro atoms. The van der Waals surface area contributed by atoms with Gasteiger partial charge in [-0.05, 0) is 55.7 Å². The van der Waals surface area contributed by atoms with E-state index in [-0.39, 0.29) is 5.03 Å². The monoisotopic (exact) mass is 424 g/mol. The Hall–Kier alpha value is -2.94. The van der Waals surface area contributed by atoms with E-state index >= 15 is 0 Å². The molecule has 7 nitrogen and oxygen atoms in total. The minimum Gasteiger partial charge on any atom is -0.492 e. The van der Waals surface area contributed by atoms with Gasteiger partial charge in [0.25, 0.3) is 0 Å². The summed E-state index contributed by atoms with van der Waals surface area (Å²) in [5.41, 5.74) is 2.02. The molecule has 156 valence electrons. The molecule has 2 unspecified atom stereocenters. The van der Waals surface area contributed by atoms with Gasteiger partial charge in [0.05, 0.1) is 36.1 Å². The largest absolute Gasteiger partial charge is 0.492 e. The van der Waals surface area contributed by atoms with E-state index in [1.54, 1.807) is 12.1 Å². The van der Waals surface area contributed by atoms with Gasteiger partial charge in [-0.25, -0.2) is 13.4 Å². The van der Waals surface area contributed by atoms with Gasteiger partial charge in [-0.2, -0.15) is 10.5 Å². The standard InChI is InChI=1S/C22H24N4O3S/c1-16-7-20(15-29-21-3-4-22(25-13-21)30(2,27)28)14-26(16)6-5-17-8-18(11-23)10-19(9-17)12-24/h3-4,8-10,13,16,20H,5-7,14-15H2,1-2H3. The van der Waals surface area contributed by atoms with Crippen molar-refractivity contribution in [3.05, 3.63) is 53.2 Å². The number of rotatable bonds is 7. The summed E-state index contributed by atoms with van der Waals surface area (Å²) >= 11 is 0. The van der Waals surface area contributed by atoms with Crippen molar-refractivity contribution in [1.82, 2.24) is 9.88 Å². The first-order valence-electron chi connectivity index (χ1n) is 9.75. The summed E-state index contributed by atoms with van der Waals surface area (Å²) in [4.78, 5) is 6.34. The molecule has 30 heavy (non-hydrogen) atoms. The van der Waals surface area contributed by atoms with Crippen molar-refractivity contribution in [2.75, 3.05) is 26.0 Å². The van der Waals surface area contributed by atoms with E-state index in [1.165, 1.54) is 12.3 Å². The van der Waals surface area contributed by atoms with E-state index in [2.05, 4.69) is 28.9 Å². The predicted molar refractivity (Wildman–Crippen MR) is 112 cm³/mol. The topological polar surface area (TPSA) is 107 Å². The predicted octanol–water partition coefficient (Wildman–Crippen LogP) is 2.56. The van der Waals surface area contributed by atoms with E-state index in [0.717, 1.165) is 37.8 Å². The first-order valence-corrected chi connectivity index (χ1v) is 11.6. The highest BCUT2D eigenvalue weighted by Crippen LogP contribution is 2.25. The highest BCUT2D eigenvalue weighted by Gasteiger charge is 2.29. The number of hydrogen-bond donors (Lipinski definition) is 0. The molecule has 0 N–H and O–H groups in total. The van der Waals surface area contributed by atoms with Crippen molar-refractivity contribution in [3.63, 3.8) is 0 Å². The van der Waals surface area contributed by atoms with Gasteiger partial charge >= 0.3 is 0 Å². The van der Waals surface area contributed by atoms with Crippen LogP contribution >= 0.6 is 0 Å². The third kappa shape index (κ3) is 5.56. The lowest BCUT2D eigenvalue weighted by Crippen LogP contribution is -2.29. The third-order valence-corrected chi connectivity index (χ3v) is 6.31. The van der Waals surface area contributed by atoms with Crippen LogP contribution in [0.3, 0.4) is 0 Å². The Morgan fingerprint density at radius 2 is 1.90 bits per heavy atom. The summed E-state index contributed by atoms with van der Waals surface area (Å²) in [5.74, 6) is 0.931. The highest BCUT2D eigenvalue weighted by atomic mass is 32.2. The molecule has 2 heterocycles. The first-order chi connectivity index (χ1) is 14.3. The van der Waals surface area contributed by atoms with Crippen LogP contribution in [0.15, 0.2) is 41.6 Å². The Kier molecular flexibility index (Phi) is 6.71. The van der Waals surface area contributed by atoms with Gasteiger partial charge in [-0.3, -0.25) is 4.90 Å². The molecular weight excluding hydrogens is 400 g/mol. The van der Waals surface area contributed by atoms with Crippen LogP contribution in [0.5, 0.6) is 5.75 Å². The van der Waals surface area contributed by atoms with Gasteiger partial charge in [-0.15, -0.1) is 0 Å². The zero-order valence-corrected chi connectivity index (χ0v) is 17.9. The number of hydrogen-bond acceptors (Lipinski definition) is 7. The van der Waals surface area contributed by atoms with Gasteiger partial charge in [0.15, 0.2) is 14.9 Å². The zero-order chi connectivity index (χ0) is 21.7. The van der Waals surface area contributed by atoms with Gasteiger partial charge < -0.3 is 4.74 Å². The molecular formula is C22H24N4O3S. The third-order valence-electron chi connectivity index (χ3n) is 5.30. The van der Waals surface area contributed by atoms with E-state index in [4.69, 9.17) is 15.3 Å². The fourth-order valence-electron chi connectivity index (χ4n) is 3.77. The number of sulfone groups is 1. The first kappa shape index (κ1) is 21.8. The lowest BCUT2D eigenvalue weighted by molar-refractivity contribution is 0.234. The Labute approximate surface area is 177 Å². The Balaban J connectivity index is 1.52. The van der Waals surface area contributed by atoms with Crippen LogP contribution in [0, 0.1) is 28.6 Å². The molecule has 0 aliphatic carbocycles. The summed E-state index contributed by atoms with van der Waals surface area (Å²) in [6.07, 6.45) is 4.36. The molecule has 0 radical (unpaired) electrons. The smallest absolute Gasteiger partial charge is 0.192 e. The van der Waals surface area contributed by atoms with Crippen molar-refractivity contribution >= 4 is 9.84 Å². The molecule has 1 aliphatic rings. The lowest BCUT2D eigenvalue weighted by atomic mass is 10.0. The average Bonchev–Trinajstić information content (AvgIpc) is 3.09. The van der Waals surface area contributed by atoms with Gasteiger partial charge in [-0.1, -0.05) is 0 Å². The van der Waals surface area contributed by atoms with Crippen molar-refractivity contribution in [3.8, 4) is 17.9 Å². The Morgan fingerprint density at radius 3 is 2.47 bits per heavy atom. The second-order valence-electron chi connectivity index (χ2n) is 7.75. The number of nitrogens with zero attached hydrogens (tertiary/aromatic N) is 4. The molecule has 1 saturated heterocycles. The number of benzene rings is 1. The summed E-state index contributed by atoms with van der Waals surface area (Å²) in [6, 6.07) is 13.0. The summed E-state index contributed by atoms with van der Waals surface area (Å²) in [7, 11) is -3.31. The van der Waals surface area contributed by atoms with E-state index in [9.17, 15) is 8.42 Å². The van der Waals surface area contributed by atoms with E-state index in [0.29, 0.717) is 35.4 Å². The van der Waals surface area contributed by atoms with Crippen LogP contribution in [-0.2, 0) is 16.3 Å². The maximum atomic E-state index is 11.5. The molecule has 8 heteroatoms. The van der Waals surface area contributed by atoms with Crippen LogP contribution in [0.4, 0.5) is 0 Å². The summed E-state index contributed by atoms with van der Waals surface area (Å²) < 4.78 is 28.8. The SMILES string of the molecule is CC1CC(COc2ccc(S(C)(=O)=O)nc2)CN1CCc1cc(C#N)cc(C#N)c1. The number of aromatic nitrogens is 1. The molecule has 2 aromatic rings.